The van der Waals surface area contributed by atoms with E-state index in [0.29, 0.717) is 18.3 Å². The molecule has 1 aliphatic rings. The Morgan fingerprint density at radius 3 is 2.77 bits per heavy atom. The van der Waals surface area contributed by atoms with Crippen LogP contribution in [-0.4, -0.2) is 21.8 Å². The van der Waals surface area contributed by atoms with E-state index in [9.17, 15) is 4.79 Å². The Labute approximate surface area is 133 Å². The van der Waals surface area contributed by atoms with Gasteiger partial charge in [0.05, 0.1) is 12.1 Å². The third kappa shape index (κ3) is 2.62. The van der Waals surface area contributed by atoms with Gasteiger partial charge < -0.3 is 4.90 Å². The molecule has 3 aromatic rings. The summed E-state index contributed by atoms with van der Waals surface area (Å²) in [6, 6.07) is 16.2. The third-order valence-electron chi connectivity index (χ3n) is 3.97. The summed E-state index contributed by atoms with van der Waals surface area (Å²) in [7, 11) is 0. The van der Waals surface area contributed by atoms with Crippen molar-refractivity contribution < 1.29 is 4.79 Å². The van der Waals surface area contributed by atoms with E-state index in [1.807, 2.05) is 47.4 Å². The first-order valence-electron chi connectivity index (χ1n) is 7.50. The molecule has 4 rings (SSSR count). The van der Waals surface area contributed by atoms with Crippen LogP contribution in [0, 0.1) is 0 Å². The summed E-state index contributed by atoms with van der Waals surface area (Å²) in [5, 5.41) is 3.12. The number of pyridine rings is 1. The van der Waals surface area contributed by atoms with Crippen LogP contribution in [-0.2, 0) is 6.54 Å². The van der Waals surface area contributed by atoms with Crippen molar-refractivity contribution in [3.05, 3.63) is 64.5 Å². The molecule has 0 spiro atoms. The number of aromatic nitrogens is 1. The minimum atomic E-state index is 0.0432. The van der Waals surface area contributed by atoms with Gasteiger partial charge in [-0.2, -0.15) is 0 Å². The number of nitrogens with zero attached hydrogens (tertiary/aromatic N) is 2. The highest BCUT2D eigenvalue weighted by molar-refractivity contribution is 7.09. The van der Waals surface area contributed by atoms with Gasteiger partial charge in [0.25, 0.3) is 5.91 Å². The van der Waals surface area contributed by atoms with E-state index in [1.165, 1.54) is 4.88 Å². The van der Waals surface area contributed by atoms with Crippen LogP contribution in [0.5, 0.6) is 0 Å². The highest BCUT2D eigenvalue weighted by Gasteiger charge is 2.33. The zero-order valence-corrected chi connectivity index (χ0v) is 12.9. The second-order valence-electron chi connectivity index (χ2n) is 5.63. The van der Waals surface area contributed by atoms with Gasteiger partial charge in [-0.3, -0.25) is 4.79 Å². The third-order valence-corrected chi connectivity index (χ3v) is 4.83. The molecule has 4 heteroatoms. The zero-order chi connectivity index (χ0) is 14.9. The van der Waals surface area contributed by atoms with Gasteiger partial charge in [0.15, 0.2) is 0 Å². The van der Waals surface area contributed by atoms with Gasteiger partial charge in [0.2, 0.25) is 0 Å². The van der Waals surface area contributed by atoms with Crippen molar-refractivity contribution in [1.29, 1.82) is 0 Å². The molecule has 2 heterocycles. The molecular weight excluding hydrogens is 292 g/mol. The van der Waals surface area contributed by atoms with E-state index in [1.54, 1.807) is 11.3 Å². The number of para-hydroxylation sites is 1. The minimum Gasteiger partial charge on any atom is -0.329 e. The van der Waals surface area contributed by atoms with Gasteiger partial charge in [-0.15, -0.1) is 11.3 Å². The normalized spacial score (nSPS) is 14.2. The molecule has 3 nitrogen and oxygen atoms in total. The molecule has 1 saturated carbocycles. The number of hydrogen-bond donors (Lipinski definition) is 0. The van der Waals surface area contributed by atoms with Gasteiger partial charge in [-0.05, 0) is 36.4 Å². The van der Waals surface area contributed by atoms with Crippen LogP contribution in [0.3, 0.4) is 0 Å². The lowest BCUT2D eigenvalue weighted by atomic mass is 10.2. The van der Waals surface area contributed by atoms with Gasteiger partial charge in [0, 0.05) is 16.3 Å². The molecule has 110 valence electrons. The summed E-state index contributed by atoms with van der Waals surface area (Å²) in [6.07, 6.45) is 2.20. The van der Waals surface area contributed by atoms with Crippen molar-refractivity contribution in [1.82, 2.24) is 9.88 Å². The van der Waals surface area contributed by atoms with Crippen LogP contribution in [0.4, 0.5) is 0 Å². The van der Waals surface area contributed by atoms with Crippen molar-refractivity contribution in [3.8, 4) is 0 Å². The molecule has 0 bridgehead atoms. The topological polar surface area (TPSA) is 33.2 Å². The molecule has 0 saturated heterocycles. The van der Waals surface area contributed by atoms with Crippen LogP contribution < -0.4 is 0 Å². The van der Waals surface area contributed by atoms with Gasteiger partial charge in [-0.1, -0.05) is 30.3 Å². The van der Waals surface area contributed by atoms with Crippen LogP contribution >= 0.6 is 11.3 Å². The van der Waals surface area contributed by atoms with E-state index in [4.69, 9.17) is 0 Å². The van der Waals surface area contributed by atoms with Crippen molar-refractivity contribution in [2.75, 3.05) is 0 Å². The fourth-order valence-electron chi connectivity index (χ4n) is 2.66. The maximum Gasteiger partial charge on any atom is 0.273 e. The molecule has 1 aromatic carbocycles. The molecular formula is C18H16N2OS. The highest BCUT2D eigenvalue weighted by Crippen LogP contribution is 2.30. The van der Waals surface area contributed by atoms with Gasteiger partial charge in [-0.25, -0.2) is 4.98 Å². The maximum absolute atomic E-state index is 12.9. The molecule has 0 aliphatic heterocycles. The molecule has 1 fully saturated rings. The van der Waals surface area contributed by atoms with Crippen molar-refractivity contribution >= 4 is 28.1 Å². The lowest BCUT2D eigenvalue weighted by molar-refractivity contribution is 0.0726. The standard InChI is InChI=1S/C18H16N2OS/c21-18(17-10-7-13-4-1-2-6-16(13)19-17)20(14-8-9-14)12-15-5-3-11-22-15/h1-7,10-11,14H,8-9,12H2. The summed E-state index contributed by atoms with van der Waals surface area (Å²) in [6.45, 7) is 0.690. The fraction of sp³-hybridized carbons (Fsp3) is 0.222. The molecule has 22 heavy (non-hydrogen) atoms. The van der Waals surface area contributed by atoms with Crippen molar-refractivity contribution in [2.24, 2.45) is 0 Å². The molecule has 1 amide bonds. The summed E-state index contributed by atoms with van der Waals surface area (Å²) in [5.74, 6) is 0.0432. The first-order valence-corrected chi connectivity index (χ1v) is 8.38. The Kier molecular flexibility index (Phi) is 3.39. The van der Waals surface area contributed by atoms with E-state index >= 15 is 0 Å². The summed E-state index contributed by atoms with van der Waals surface area (Å²) in [4.78, 5) is 20.6. The number of carbonyl (C=O) groups excluding carboxylic acids is 1. The number of thiophene rings is 1. The minimum absolute atomic E-state index is 0.0432. The lowest BCUT2D eigenvalue weighted by Crippen LogP contribution is -2.32. The Morgan fingerprint density at radius 1 is 1.14 bits per heavy atom. The van der Waals surface area contributed by atoms with E-state index in [2.05, 4.69) is 16.4 Å². The monoisotopic (exact) mass is 308 g/mol. The number of rotatable bonds is 4. The molecule has 0 atom stereocenters. The second kappa shape index (κ2) is 5.54. The quantitative estimate of drug-likeness (QED) is 0.727. The van der Waals surface area contributed by atoms with Crippen LogP contribution in [0.25, 0.3) is 10.9 Å². The number of benzene rings is 1. The smallest absolute Gasteiger partial charge is 0.273 e. The molecule has 1 aliphatic carbocycles. The SMILES string of the molecule is O=C(c1ccc2ccccc2n1)N(Cc1cccs1)C1CC1. The number of fused-ring (bicyclic) bond motifs is 1. The predicted molar refractivity (Wildman–Crippen MR) is 89.0 cm³/mol. The van der Waals surface area contributed by atoms with Crippen LogP contribution in [0.1, 0.15) is 28.2 Å². The predicted octanol–water partition coefficient (Wildman–Crippen LogP) is 4.10. The Bertz CT molecular complexity index is 809. The Balaban J connectivity index is 1.64. The van der Waals surface area contributed by atoms with Crippen molar-refractivity contribution in [2.45, 2.75) is 25.4 Å². The van der Waals surface area contributed by atoms with E-state index in [0.717, 1.165) is 23.7 Å². The van der Waals surface area contributed by atoms with E-state index in [-0.39, 0.29) is 5.91 Å². The fourth-order valence-corrected chi connectivity index (χ4v) is 3.36. The average Bonchev–Trinajstić information content (AvgIpc) is 3.27. The Hall–Kier alpha value is -2.20. The zero-order valence-electron chi connectivity index (χ0n) is 12.1. The Morgan fingerprint density at radius 2 is 2.00 bits per heavy atom. The van der Waals surface area contributed by atoms with Gasteiger partial charge in [0.1, 0.15) is 5.69 Å². The summed E-state index contributed by atoms with van der Waals surface area (Å²) >= 11 is 1.70. The first-order chi connectivity index (χ1) is 10.8. The molecule has 0 N–H and O–H groups in total. The molecule has 2 aromatic heterocycles. The van der Waals surface area contributed by atoms with Crippen LogP contribution in [0.2, 0.25) is 0 Å². The van der Waals surface area contributed by atoms with Gasteiger partial charge >= 0.3 is 0 Å². The molecule has 0 radical (unpaired) electrons. The van der Waals surface area contributed by atoms with E-state index < -0.39 is 0 Å². The lowest BCUT2D eigenvalue weighted by Gasteiger charge is -2.21. The molecule has 0 unspecified atom stereocenters. The number of carbonyl (C=O) groups is 1. The summed E-state index contributed by atoms with van der Waals surface area (Å²) < 4.78 is 0. The maximum atomic E-state index is 12.9. The van der Waals surface area contributed by atoms with Crippen LogP contribution in [0.15, 0.2) is 53.9 Å². The first kappa shape index (κ1) is 13.5. The number of amides is 1. The second-order valence-corrected chi connectivity index (χ2v) is 6.67. The number of hydrogen-bond acceptors (Lipinski definition) is 3. The van der Waals surface area contributed by atoms with Crippen molar-refractivity contribution in [3.63, 3.8) is 0 Å². The summed E-state index contributed by atoms with van der Waals surface area (Å²) in [5.41, 5.74) is 1.42. The highest BCUT2D eigenvalue weighted by atomic mass is 32.1. The largest absolute Gasteiger partial charge is 0.329 e. The average molecular weight is 308 g/mol.